The van der Waals surface area contributed by atoms with Gasteiger partial charge in [0.1, 0.15) is 11.2 Å². The molecule has 1 heterocycles. The highest BCUT2D eigenvalue weighted by Gasteiger charge is 2.10. The molecule has 0 unspecified atom stereocenters. The predicted octanol–water partition coefficient (Wildman–Crippen LogP) is 1.38. The fraction of sp³-hybridized carbons (Fsp3) is 0. The van der Waals surface area contributed by atoms with Crippen molar-refractivity contribution in [3.05, 3.63) is 43.4 Å². The summed E-state index contributed by atoms with van der Waals surface area (Å²) in [5.74, 6) is -1.64. The van der Waals surface area contributed by atoms with Crippen molar-refractivity contribution >= 4 is 26.8 Å². The lowest BCUT2D eigenvalue weighted by molar-refractivity contribution is 0.457. The van der Waals surface area contributed by atoms with Crippen LogP contribution in [0.2, 0.25) is 0 Å². The van der Waals surface area contributed by atoms with Crippen molar-refractivity contribution in [1.29, 1.82) is 0 Å². The second-order valence-corrected chi connectivity index (χ2v) is 3.44. The van der Waals surface area contributed by atoms with E-state index in [1.54, 1.807) is 0 Å². The van der Waals surface area contributed by atoms with E-state index in [2.05, 4.69) is 25.3 Å². The monoisotopic (exact) mass is 259 g/mol. The highest BCUT2D eigenvalue weighted by Crippen LogP contribution is 2.20. The minimum absolute atomic E-state index is 0.103. The van der Waals surface area contributed by atoms with Crippen LogP contribution in [-0.2, 0) is 0 Å². The van der Waals surface area contributed by atoms with Gasteiger partial charge in [-0.15, -0.1) is 0 Å². The summed E-state index contributed by atoms with van der Waals surface area (Å²) in [5.41, 5.74) is -0.881. The minimum Gasteiger partial charge on any atom is -0.372 e. The van der Waals surface area contributed by atoms with Crippen molar-refractivity contribution < 1.29 is 8.81 Å². The fourth-order valence-corrected chi connectivity index (χ4v) is 1.57. The quantitative estimate of drug-likeness (QED) is 0.778. The van der Waals surface area contributed by atoms with Crippen LogP contribution in [0.4, 0.5) is 4.39 Å². The van der Waals surface area contributed by atoms with E-state index in [1.807, 2.05) is 0 Å². The van der Waals surface area contributed by atoms with Gasteiger partial charge < -0.3 is 4.42 Å². The van der Waals surface area contributed by atoms with E-state index < -0.39 is 17.2 Å². The first-order valence-electron chi connectivity index (χ1n) is 3.61. The average molecular weight is 260 g/mol. The number of H-pyrrole nitrogens is 1. The van der Waals surface area contributed by atoms with Gasteiger partial charge in [0, 0.05) is 4.47 Å². The molecule has 0 radical (unpaired) electrons. The molecular weight excluding hydrogens is 257 g/mol. The summed E-state index contributed by atoms with van der Waals surface area (Å²) < 4.78 is 17.8. The second kappa shape index (κ2) is 3.06. The lowest BCUT2D eigenvalue weighted by Gasteiger charge is -1.98. The average Bonchev–Trinajstić information content (AvgIpc) is 2.10. The molecule has 0 aliphatic rings. The summed E-state index contributed by atoms with van der Waals surface area (Å²) in [7, 11) is 0. The summed E-state index contributed by atoms with van der Waals surface area (Å²) in [6, 6.07) is 2.51. The second-order valence-electron chi connectivity index (χ2n) is 2.58. The van der Waals surface area contributed by atoms with Crippen molar-refractivity contribution in [3.63, 3.8) is 0 Å². The van der Waals surface area contributed by atoms with Gasteiger partial charge in [-0.2, -0.15) is 0 Å². The molecule has 0 aliphatic carbocycles. The molecule has 1 aromatic heterocycles. The standard InChI is InChI=1S/C8H3BrFNO3/c9-3-1-2-4(10)5-6(3)11-8(13)14-7(5)12/h1-2H,(H,11,13). The van der Waals surface area contributed by atoms with E-state index in [1.165, 1.54) is 6.07 Å². The zero-order valence-electron chi connectivity index (χ0n) is 6.64. The molecule has 0 atom stereocenters. The first kappa shape index (κ1) is 9.14. The number of nitrogens with one attached hydrogen (secondary N) is 1. The Morgan fingerprint density at radius 3 is 2.79 bits per heavy atom. The van der Waals surface area contributed by atoms with Crippen LogP contribution in [0.3, 0.4) is 0 Å². The van der Waals surface area contributed by atoms with Crippen molar-refractivity contribution in [3.8, 4) is 0 Å². The van der Waals surface area contributed by atoms with Crippen molar-refractivity contribution in [2.75, 3.05) is 0 Å². The van der Waals surface area contributed by atoms with Crippen molar-refractivity contribution in [2.24, 2.45) is 0 Å². The van der Waals surface area contributed by atoms with Crippen molar-refractivity contribution in [1.82, 2.24) is 4.98 Å². The molecule has 72 valence electrons. The lowest BCUT2D eigenvalue weighted by atomic mass is 10.2. The van der Waals surface area contributed by atoms with Crippen LogP contribution in [0.5, 0.6) is 0 Å². The zero-order chi connectivity index (χ0) is 10.3. The van der Waals surface area contributed by atoms with Gasteiger partial charge >= 0.3 is 11.4 Å². The molecule has 0 amide bonds. The summed E-state index contributed by atoms with van der Waals surface area (Å²) in [6.07, 6.45) is 0. The molecule has 1 N–H and O–H groups in total. The third-order valence-electron chi connectivity index (χ3n) is 1.72. The lowest BCUT2D eigenvalue weighted by Crippen LogP contribution is -2.15. The van der Waals surface area contributed by atoms with Crippen LogP contribution in [0.25, 0.3) is 10.9 Å². The van der Waals surface area contributed by atoms with Gasteiger partial charge in [-0.3, -0.25) is 4.98 Å². The van der Waals surface area contributed by atoms with E-state index >= 15 is 0 Å². The Hall–Kier alpha value is -1.43. The number of rotatable bonds is 0. The van der Waals surface area contributed by atoms with Gasteiger partial charge in [0.25, 0.3) is 0 Å². The molecule has 4 nitrogen and oxygen atoms in total. The minimum atomic E-state index is -0.984. The molecule has 0 saturated heterocycles. The number of fused-ring (bicyclic) bond motifs is 1. The molecule has 1 aromatic carbocycles. The molecule has 0 aliphatic heterocycles. The number of aromatic nitrogens is 1. The molecular formula is C8H3BrFNO3. The molecule has 0 fully saturated rings. The van der Waals surface area contributed by atoms with E-state index in [0.717, 1.165) is 6.07 Å². The first-order valence-corrected chi connectivity index (χ1v) is 4.40. The summed E-state index contributed by atoms with van der Waals surface area (Å²) in [6.45, 7) is 0. The largest absolute Gasteiger partial charge is 0.419 e. The Labute approximate surface area is 84.5 Å². The predicted molar refractivity (Wildman–Crippen MR) is 50.8 cm³/mol. The number of hydrogen-bond donors (Lipinski definition) is 1. The van der Waals surface area contributed by atoms with E-state index in [9.17, 15) is 14.0 Å². The number of halogens is 2. The molecule has 6 heteroatoms. The van der Waals surface area contributed by atoms with Crippen LogP contribution in [-0.4, -0.2) is 4.98 Å². The molecule has 2 aromatic rings. The Bertz CT molecular complexity index is 616. The maximum absolute atomic E-state index is 13.2. The normalized spacial score (nSPS) is 10.7. The topological polar surface area (TPSA) is 63.1 Å². The summed E-state index contributed by atoms with van der Waals surface area (Å²) in [4.78, 5) is 24.2. The van der Waals surface area contributed by atoms with E-state index in [4.69, 9.17) is 0 Å². The highest BCUT2D eigenvalue weighted by atomic mass is 79.9. The Morgan fingerprint density at radius 1 is 1.36 bits per heavy atom. The van der Waals surface area contributed by atoms with Crippen LogP contribution in [0, 0.1) is 5.82 Å². The maximum Gasteiger partial charge on any atom is 0.419 e. The van der Waals surface area contributed by atoms with Gasteiger partial charge in [-0.1, -0.05) is 0 Å². The van der Waals surface area contributed by atoms with Crippen LogP contribution in [0.1, 0.15) is 0 Å². The fourth-order valence-electron chi connectivity index (χ4n) is 1.14. The molecule has 0 spiro atoms. The molecule has 0 bridgehead atoms. The molecule has 14 heavy (non-hydrogen) atoms. The van der Waals surface area contributed by atoms with Crippen LogP contribution < -0.4 is 11.4 Å². The van der Waals surface area contributed by atoms with Gasteiger partial charge in [0.2, 0.25) is 0 Å². The van der Waals surface area contributed by atoms with Gasteiger partial charge in [0.15, 0.2) is 0 Å². The van der Waals surface area contributed by atoms with Gasteiger partial charge in [0.05, 0.1) is 5.52 Å². The van der Waals surface area contributed by atoms with E-state index in [-0.39, 0.29) is 10.9 Å². The third kappa shape index (κ3) is 1.27. The highest BCUT2D eigenvalue weighted by molar-refractivity contribution is 9.10. The van der Waals surface area contributed by atoms with E-state index in [0.29, 0.717) is 4.47 Å². The Balaban J connectivity index is 3.16. The number of hydrogen-bond acceptors (Lipinski definition) is 3. The van der Waals surface area contributed by atoms with Crippen LogP contribution in [0.15, 0.2) is 30.6 Å². The smallest absolute Gasteiger partial charge is 0.372 e. The first-order chi connectivity index (χ1) is 6.59. The number of benzene rings is 1. The molecule has 2 rings (SSSR count). The van der Waals surface area contributed by atoms with Gasteiger partial charge in [-0.25, -0.2) is 14.0 Å². The summed E-state index contributed by atoms with van der Waals surface area (Å²) in [5, 5.41) is -0.265. The third-order valence-corrected chi connectivity index (χ3v) is 2.38. The molecule has 0 saturated carbocycles. The zero-order valence-corrected chi connectivity index (χ0v) is 8.22. The number of aromatic amines is 1. The maximum atomic E-state index is 13.2. The Kier molecular flexibility index (Phi) is 1.99. The van der Waals surface area contributed by atoms with Crippen molar-refractivity contribution in [2.45, 2.75) is 0 Å². The SMILES string of the molecule is O=c1[nH]c2c(Br)ccc(F)c2c(=O)o1. The summed E-state index contributed by atoms with van der Waals surface area (Å²) >= 11 is 3.08. The van der Waals surface area contributed by atoms with Crippen LogP contribution >= 0.6 is 15.9 Å². The Morgan fingerprint density at radius 2 is 2.07 bits per heavy atom. The van der Waals surface area contributed by atoms with Gasteiger partial charge in [-0.05, 0) is 28.1 Å².